The lowest BCUT2D eigenvalue weighted by molar-refractivity contribution is -0.142. The summed E-state index contributed by atoms with van der Waals surface area (Å²) in [6.07, 6.45) is 0.252. The SMILES string of the molecule is COC(=O)C(Cc1ccc(OCc2ccc(F)cc2)cc1)NC(=O)c1cc2cc(-c3ccc(Cl)cc3)ccc2s1. The molecule has 5 rings (SSSR count). The highest BCUT2D eigenvalue weighted by atomic mass is 35.5. The van der Waals surface area contributed by atoms with Crippen molar-refractivity contribution >= 4 is 44.9 Å². The first kappa shape index (κ1) is 27.4. The molecule has 0 aliphatic heterocycles. The number of ether oxygens (including phenoxy) is 2. The van der Waals surface area contributed by atoms with Crippen molar-refractivity contribution in [3.63, 3.8) is 0 Å². The summed E-state index contributed by atoms with van der Waals surface area (Å²) >= 11 is 7.37. The molecule has 1 amide bonds. The highest BCUT2D eigenvalue weighted by Gasteiger charge is 2.24. The van der Waals surface area contributed by atoms with Gasteiger partial charge in [0.15, 0.2) is 0 Å². The molecule has 0 aliphatic rings. The normalized spacial score (nSPS) is 11.7. The summed E-state index contributed by atoms with van der Waals surface area (Å²) in [5.41, 5.74) is 3.72. The molecule has 4 aromatic carbocycles. The number of benzene rings is 4. The third kappa shape index (κ3) is 6.68. The summed E-state index contributed by atoms with van der Waals surface area (Å²) in [6.45, 7) is 0.302. The molecule has 0 spiro atoms. The predicted octanol–water partition coefficient (Wildman–Crippen LogP) is 7.45. The Kier molecular flexibility index (Phi) is 8.43. The lowest BCUT2D eigenvalue weighted by Crippen LogP contribution is -2.42. The second-order valence-electron chi connectivity index (χ2n) is 9.18. The Labute approximate surface area is 240 Å². The van der Waals surface area contributed by atoms with E-state index in [1.165, 1.54) is 30.6 Å². The number of carbonyl (C=O) groups is 2. The van der Waals surface area contributed by atoms with Crippen LogP contribution >= 0.6 is 22.9 Å². The topological polar surface area (TPSA) is 64.6 Å². The highest BCUT2D eigenvalue weighted by molar-refractivity contribution is 7.20. The average Bonchev–Trinajstić information content (AvgIpc) is 3.41. The summed E-state index contributed by atoms with van der Waals surface area (Å²) in [5.74, 6) is -0.536. The van der Waals surface area contributed by atoms with Crippen molar-refractivity contribution in [3.05, 3.63) is 124 Å². The first-order valence-corrected chi connectivity index (χ1v) is 13.7. The molecule has 1 heterocycles. The Bertz CT molecular complexity index is 1630. The van der Waals surface area contributed by atoms with E-state index in [4.69, 9.17) is 21.1 Å². The molecule has 5 aromatic rings. The zero-order valence-corrected chi connectivity index (χ0v) is 23.1. The lowest BCUT2D eigenvalue weighted by Gasteiger charge is -2.16. The van der Waals surface area contributed by atoms with E-state index in [1.54, 1.807) is 24.3 Å². The van der Waals surface area contributed by atoms with Crippen molar-refractivity contribution in [1.82, 2.24) is 5.32 Å². The second kappa shape index (κ2) is 12.3. The number of fused-ring (bicyclic) bond motifs is 1. The maximum Gasteiger partial charge on any atom is 0.328 e. The van der Waals surface area contributed by atoms with E-state index >= 15 is 0 Å². The van der Waals surface area contributed by atoms with Crippen LogP contribution in [0.1, 0.15) is 20.8 Å². The number of hydrogen-bond donors (Lipinski definition) is 1. The fraction of sp³-hybridized carbons (Fsp3) is 0.125. The zero-order valence-electron chi connectivity index (χ0n) is 21.5. The standard InChI is InChI=1S/C32H25ClFNO4S/c1-38-32(37)28(16-20-4-13-27(14-5-20)39-19-21-2-11-26(34)12-3-21)35-31(36)30-18-24-17-23(8-15-29(24)40-30)22-6-9-25(33)10-7-22/h2-15,17-18,28H,16,19H2,1H3,(H,35,36). The molecule has 0 saturated carbocycles. The van der Waals surface area contributed by atoms with E-state index in [0.717, 1.165) is 32.3 Å². The van der Waals surface area contributed by atoms with Crippen LogP contribution in [0.5, 0.6) is 5.75 Å². The molecule has 1 N–H and O–H groups in total. The fourth-order valence-electron chi connectivity index (χ4n) is 4.25. The molecule has 8 heteroatoms. The van der Waals surface area contributed by atoms with Crippen molar-refractivity contribution in [2.75, 3.05) is 7.11 Å². The third-order valence-electron chi connectivity index (χ3n) is 6.39. The van der Waals surface area contributed by atoms with Crippen LogP contribution in [0.15, 0.2) is 97.1 Å². The lowest BCUT2D eigenvalue weighted by atomic mass is 10.0. The Morgan fingerprint density at radius 2 is 1.55 bits per heavy atom. The molecule has 1 aromatic heterocycles. The number of halogens is 2. The molecule has 1 unspecified atom stereocenters. The highest BCUT2D eigenvalue weighted by Crippen LogP contribution is 2.31. The van der Waals surface area contributed by atoms with Gasteiger partial charge in [-0.2, -0.15) is 0 Å². The predicted molar refractivity (Wildman–Crippen MR) is 156 cm³/mol. The number of methoxy groups -OCH3 is 1. The Morgan fingerprint density at radius 1 is 0.875 bits per heavy atom. The van der Waals surface area contributed by atoms with E-state index in [9.17, 15) is 14.0 Å². The average molecular weight is 574 g/mol. The van der Waals surface area contributed by atoms with Crippen molar-refractivity contribution in [1.29, 1.82) is 0 Å². The third-order valence-corrected chi connectivity index (χ3v) is 7.76. The van der Waals surface area contributed by atoms with Gasteiger partial charge in [-0.3, -0.25) is 4.79 Å². The molecule has 0 radical (unpaired) electrons. The summed E-state index contributed by atoms with van der Waals surface area (Å²) in [4.78, 5) is 26.2. The summed E-state index contributed by atoms with van der Waals surface area (Å²) < 4.78 is 24.8. The molecule has 0 bridgehead atoms. The minimum atomic E-state index is -0.863. The van der Waals surface area contributed by atoms with Gasteiger partial charge in [0.2, 0.25) is 0 Å². The Balaban J connectivity index is 1.25. The van der Waals surface area contributed by atoms with Crippen LogP contribution in [-0.4, -0.2) is 25.0 Å². The number of rotatable bonds is 9. The van der Waals surface area contributed by atoms with Crippen molar-refractivity contribution in [2.45, 2.75) is 19.1 Å². The zero-order chi connectivity index (χ0) is 28.1. The first-order valence-electron chi connectivity index (χ1n) is 12.5. The molecule has 202 valence electrons. The Morgan fingerprint density at radius 3 is 2.25 bits per heavy atom. The number of carbonyl (C=O) groups excluding carboxylic acids is 2. The molecule has 40 heavy (non-hydrogen) atoms. The number of esters is 1. The first-order chi connectivity index (χ1) is 19.4. The summed E-state index contributed by atoms with van der Waals surface area (Å²) in [7, 11) is 1.30. The van der Waals surface area contributed by atoms with E-state index in [2.05, 4.69) is 5.32 Å². The van der Waals surface area contributed by atoms with Gasteiger partial charge >= 0.3 is 5.97 Å². The van der Waals surface area contributed by atoms with Gasteiger partial charge in [-0.1, -0.05) is 54.1 Å². The molecule has 0 saturated heterocycles. The van der Waals surface area contributed by atoms with E-state index in [0.29, 0.717) is 22.3 Å². The minimum Gasteiger partial charge on any atom is -0.489 e. The fourth-order valence-corrected chi connectivity index (χ4v) is 5.32. The van der Waals surface area contributed by atoms with Gasteiger partial charge in [0.25, 0.3) is 5.91 Å². The second-order valence-corrected chi connectivity index (χ2v) is 10.7. The molecule has 5 nitrogen and oxygen atoms in total. The minimum absolute atomic E-state index is 0.252. The van der Waals surface area contributed by atoms with Crippen LogP contribution in [-0.2, 0) is 22.6 Å². The monoisotopic (exact) mass is 573 g/mol. The number of nitrogens with one attached hydrogen (secondary N) is 1. The van der Waals surface area contributed by atoms with Crippen LogP contribution < -0.4 is 10.1 Å². The van der Waals surface area contributed by atoms with Gasteiger partial charge in [0.05, 0.1) is 12.0 Å². The quantitative estimate of drug-likeness (QED) is 0.186. The van der Waals surface area contributed by atoms with Crippen LogP contribution in [0, 0.1) is 5.82 Å². The maximum atomic E-state index is 13.2. The molecular formula is C32H25ClFNO4S. The van der Waals surface area contributed by atoms with Gasteiger partial charge in [-0.05, 0) is 82.2 Å². The molecule has 0 aliphatic carbocycles. The van der Waals surface area contributed by atoms with Crippen LogP contribution in [0.25, 0.3) is 21.2 Å². The van der Waals surface area contributed by atoms with E-state index in [1.807, 2.05) is 60.7 Å². The van der Waals surface area contributed by atoms with Gasteiger partial charge in [0, 0.05) is 16.1 Å². The van der Waals surface area contributed by atoms with Gasteiger partial charge in [-0.25, -0.2) is 9.18 Å². The maximum absolute atomic E-state index is 13.2. The number of amides is 1. The molecule has 1 atom stereocenters. The van der Waals surface area contributed by atoms with Crippen LogP contribution in [0.3, 0.4) is 0 Å². The van der Waals surface area contributed by atoms with Crippen molar-refractivity contribution in [2.24, 2.45) is 0 Å². The molecule has 0 fully saturated rings. The smallest absolute Gasteiger partial charge is 0.328 e. The Hall–Kier alpha value is -4.20. The van der Waals surface area contributed by atoms with Crippen molar-refractivity contribution < 1.29 is 23.5 Å². The van der Waals surface area contributed by atoms with Gasteiger partial charge < -0.3 is 14.8 Å². The van der Waals surface area contributed by atoms with E-state index < -0.39 is 12.0 Å². The summed E-state index contributed by atoms with van der Waals surface area (Å²) in [5, 5.41) is 4.44. The van der Waals surface area contributed by atoms with Crippen LogP contribution in [0.4, 0.5) is 4.39 Å². The largest absolute Gasteiger partial charge is 0.489 e. The van der Waals surface area contributed by atoms with Crippen molar-refractivity contribution in [3.8, 4) is 16.9 Å². The van der Waals surface area contributed by atoms with Gasteiger partial charge in [0.1, 0.15) is 24.2 Å². The summed E-state index contributed by atoms with van der Waals surface area (Å²) in [6, 6.07) is 27.9. The number of thiophene rings is 1. The van der Waals surface area contributed by atoms with Crippen LogP contribution in [0.2, 0.25) is 5.02 Å². The van der Waals surface area contributed by atoms with Gasteiger partial charge in [-0.15, -0.1) is 11.3 Å². The molecular weight excluding hydrogens is 549 g/mol. The van der Waals surface area contributed by atoms with E-state index in [-0.39, 0.29) is 18.1 Å². The number of hydrogen-bond acceptors (Lipinski definition) is 5.